The van der Waals surface area contributed by atoms with Gasteiger partial charge in [-0.1, -0.05) is 0 Å². The van der Waals surface area contributed by atoms with Crippen LogP contribution < -0.4 is 22.7 Å². The van der Waals surface area contributed by atoms with E-state index in [0.29, 0.717) is 19.6 Å². The van der Waals surface area contributed by atoms with Gasteiger partial charge >= 0.3 is 13.5 Å². The van der Waals surface area contributed by atoms with Crippen molar-refractivity contribution >= 4 is 30.9 Å². The van der Waals surface area contributed by atoms with Crippen molar-refractivity contribution in [1.29, 1.82) is 0 Å². The standard InChI is InChI=1S/C22H32N9O10P/c1-3-36-7-13-12(6-16(39-13)31-10-26-20(23)29-22(31)33)41-42(34,35)38-8-14-11(37-4-2)5-15(40-14)30-9-25-17-18(30)27-21(24)28-19(17)32/h9-16H,3-8H2,1-2H3,(H,34,35)(H2,23,29,33)(H3,24,27,28,32)/t11?,12?,13-,14-,15-,16-/m1/s1. The maximum Gasteiger partial charge on any atom is 0.472 e. The van der Waals surface area contributed by atoms with Crippen LogP contribution in [0.1, 0.15) is 39.1 Å². The molecule has 19 nitrogen and oxygen atoms in total. The molecule has 2 aliphatic rings. The Labute approximate surface area is 237 Å². The highest BCUT2D eigenvalue weighted by Gasteiger charge is 2.44. The van der Waals surface area contributed by atoms with E-state index in [1.165, 1.54) is 12.7 Å². The van der Waals surface area contributed by atoms with Crippen molar-refractivity contribution in [3.05, 3.63) is 33.5 Å². The molecular weight excluding hydrogens is 581 g/mol. The topological polar surface area (TPSA) is 256 Å². The molecule has 0 spiro atoms. The maximum absolute atomic E-state index is 13.1. The molecule has 3 aromatic rings. The van der Waals surface area contributed by atoms with E-state index in [9.17, 15) is 19.0 Å². The van der Waals surface area contributed by atoms with E-state index in [1.807, 2.05) is 0 Å². The van der Waals surface area contributed by atoms with E-state index in [-0.39, 0.29) is 42.7 Å². The number of phosphoric acid groups is 1. The number of hydrogen-bond acceptors (Lipinski definition) is 15. The van der Waals surface area contributed by atoms with Gasteiger partial charge in [-0.2, -0.15) is 9.97 Å². The quantitative estimate of drug-likeness (QED) is 0.187. The lowest BCUT2D eigenvalue weighted by Gasteiger charge is -2.23. The summed E-state index contributed by atoms with van der Waals surface area (Å²) >= 11 is 0. The molecule has 0 bridgehead atoms. The predicted octanol–water partition coefficient (Wildman–Crippen LogP) is -0.545. The van der Waals surface area contributed by atoms with E-state index in [4.69, 9.17) is 39.5 Å². The normalized spacial score (nSPS) is 27.5. The molecule has 0 amide bonds. The van der Waals surface area contributed by atoms with Gasteiger partial charge in [-0.3, -0.25) is 28.0 Å². The zero-order valence-electron chi connectivity index (χ0n) is 22.8. The first kappa shape index (κ1) is 30.2. The molecule has 3 unspecified atom stereocenters. The minimum atomic E-state index is -4.68. The highest BCUT2D eigenvalue weighted by molar-refractivity contribution is 7.47. The number of fused-ring (bicyclic) bond motifs is 1. The summed E-state index contributed by atoms with van der Waals surface area (Å²) in [5.74, 6) is -0.278. The van der Waals surface area contributed by atoms with Crippen LogP contribution in [-0.4, -0.2) is 89.8 Å². The number of H-pyrrole nitrogens is 1. The maximum atomic E-state index is 13.1. The van der Waals surface area contributed by atoms with Gasteiger partial charge in [0.2, 0.25) is 11.9 Å². The monoisotopic (exact) mass is 613 g/mol. The molecule has 0 saturated carbocycles. The van der Waals surface area contributed by atoms with E-state index in [2.05, 4.69) is 24.9 Å². The highest BCUT2D eigenvalue weighted by atomic mass is 31.2. The van der Waals surface area contributed by atoms with E-state index in [0.717, 1.165) is 4.57 Å². The van der Waals surface area contributed by atoms with Gasteiger partial charge in [-0.25, -0.2) is 19.3 Å². The molecule has 2 aliphatic heterocycles. The van der Waals surface area contributed by atoms with Crippen molar-refractivity contribution in [2.24, 2.45) is 0 Å². The number of imidazole rings is 1. The molecule has 6 N–H and O–H groups in total. The molecule has 0 aromatic carbocycles. The van der Waals surface area contributed by atoms with Crippen LogP contribution in [0.25, 0.3) is 11.2 Å². The molecule has 2 saturated heterocycles. The molecule has 3 aromatic heterocycles. The Balaban J connectivity index is 1.26. The van der Waals surface area contributed by atoms with Crippen LogP contribution in [0.5, 0.6) is 0 Å². The number of hydrogen-bond donors (Lipinski definition) is 4. The van der Waals surface area contributed by atoms with Gasteiger partial charge in [-0.15, -0.1) is 0 Å². The van der Waals surface area contributed by atoms with Gasteiger partial charge in [0.1, 0.15) is 37.1 Å². The molecule has 5 rings (SSSR count). The summed E-state index contributed by atoms with van der Waals surface area (Å²) in [6, 6.07) is 0. The summed E-state index contributed by atoms with van der Waals surface area (Å²) < 4.78 is 49.7. The first-order valence-corrected chi connectivity index (χ1v) is 14.7. The van der Waals surface area contributed by atoms with E-state index in [1.54, 1.807) is 18.4 Å². The summed E-state index contributed by atoms with van der Waals surface area (Å²) in [6.45, 7) is 3.94. The summed E-state index contributed by atoms with van der Waals surface area (Å²) in [4.78, 5) is 53.1. The largest absolute Gasteiger partial charge is 0.472 e. The Morgan fingerprint density at radius 3 is 2.43 bits per heavy atom. The molecule has 0 aliphatic carbocycles. The fourth-order valence-electron chi connectivity index (χ4n) is 4.85. The molecule has 7 atom stereocenters. The van der Waals surface area contributed by atoms with Crippen molar-refractivity contribution in [3.63, 3.8) is 0 Å². The fraction of sp³-hybridized carbons (Fsp3) is 0.636. The van der Waals surface area contributed by atoms with Crippen LogP contribution in [0.15, 0.2) is 22.2 Å². The molecule has 0 radical (unpaired) electrons. The van der Waals surface area contributed by atoms with E-state index >= 15 is 0 Å². The van der Waals surface area contributed by atoms with Crippen LogP contribution in [-0.2, 0) is 32.6 Å². The summed E-state index contributed by atoms with van der Waals surface area (Å²) in [7, 11) is -4.68. The highest BCUT2D eigenvalue weighted by Crippen LogP contribution is 2.49. The number of aromatic amines is 1. The molecule has 2 fully saturated rings. The van der Waals surface area contributed by atoms with Crippen LogP contribution in [0.4, 0.5) is 11.9 Å². The summed E-state index contributed by atoms with van der Waals surface area (Å²) in [5.41, 5.74) is 10.3. The molecule has 230 valence electrons. The summed E-state index contributed by atoms with van der Waals surface area (Å²) in [5, 5.41) is 0. The molecule has 20 heteroatoms. The average Bonchev–Trinajstić information content (AvgIpc) is 3.63. The number of nitrogens with zero attached hydrogens (tertiary/aromatic N) is 6. The SMILES string of the molecule is CCOC[C@H]1O[C@@H](n2cnc(N)nc2=O)CC1OP(=O)(O)OC[C@H]1O[C@@H](n2cnc3c(=O)[nH]c(N)nc32)CC1OCC. The van der Waals surface area contributed by atoms with E-state index < -0.39 is 55.9 Å². The number of anilines is 2. The zero-order chi connectivity index (χ0) is 30.0. The number of ether oxygens (including phenoxy) is 4. The van der Waals surface area contributed by atoms with Crippen LogP contribution in [0.3, 0.4) is 0 Å². The van der Waals surface area contributed by atoms with Crippen molar-refractivity contribution in [2.75, 3.05) is 37.9 Å². The Morgan fingerprint density at radius 2 is 1.71 bits per heavy atom. The van der Waals surface area contributed by atoms with Crippen LogP contribution >= 0.6 is 7.82 Å². The number of phosphoric ester groups is 1. The van der Waals surface area contributed by atoms with Crippen molar-refractivity contribution in [3.8, 4) is 0 Å². The number of aromatic nitrogens is 7. The minimum Gasteiger partial charge on any atom is -0.379 e. The van der Waals surface area contributed by atoms with Gasteiger partial charge in [0, 0.05) is 26.1 Å². The first-order valence-electron chi connectivity index (χ1n) is 13.2. The fourth-order valence-corrected chi connectivity index (χ4v) is 5.81. The number of nitrogens with two attached hydrogens (primary N) is 2. The zero-order valence-corrected chi connectivity index (χ0v) is 23.7. The average molecular weight is 614 g/mol. The molecule has 5 heterocycles. The van der Waals surface area contributed by atoms with Crippen molar-refractivity contribution in [2.45, 2.75) is 63.6 Å². The second-order valence-electron chi connectivity index (χ2n) is 9.47. The van der Waals surface area contributed by atoms with Crippen LogP contribution in [0, 0.1) is 0 Å². The Morgan fingerprint density at radius 1 is 1.02 bits per heavy atom. The Bertz CT molecular complexity index is 1560. The molecule has 42 heavy (non-hydrogen) atoms. The van der Waals surface area contributed by atoms with Gasteiger partial charge in [-0.05, 0) is 13.8 Å². The number of rotatable bonds is 12. The third-order valence-electron chi connectivity index (χ3n) is 6.72. The Hall–Kier alpha value is -3.29. The lowest BCUT2D eigenvalue weighted by molar-refractivity contribution is -0.0704. The lowest BCUT2D eigenvalue weighted by atomic mass is 10.2. The van der Waals surface area contributed by atoms with Gasteiger partial charge < -0.3 is 35.3 Å². The van der Waals surface area contributed by atoms with Crippen molar-refractivity contribution < 1.29 is 37.5 Å². The summed E-state index contributed by atoms with van der Waals surface area (Å²) in [6.07, 6.45) is -1.77. The predicted molar refractivity (Wildman–Crippen MR) is 143 cm³/mol. The lowest BCUT2D eigenvalue weighted by Crippen LogP contribution is -2.31. The Kier molecular flexibility index (Phi) is 9.00. The molecular formula is C22H32N9O10P. The third-order valence-corrected chi connectivity index (χ3v) is 7.73. The van der Waals surface area contributed by atoms with Gasteiger partial charge in [0.15, 0.2) is 11.2 Å². The number of nitrogens with one attached hydrogen (secondary N) is 1. The first-order chi connectivity index (χ1) is 20.1. The van der Waals surface area contributed by atoms with Crippen molar-refractivity contribution in [1.82, 2.24) is 34.1 Å². The third kappa shape index (κ3) is 6.52. The second kappa shape index (κ2) is 12.5. The smallest absolute Gasteiger partial charge is 0.379 e. The minimum absolute atomic E-state index is 0.00533. The van der Waals surface area contributed by atoms with Gasteiger partial charge in [0.25, 0.3) is 5.56 Å². The second-order valence-corrected chi connectivity index (χ2v) is 10.9. The van der Waals surface area contributed by atoms with Crippen LogP contribution in [0.2, 0.25) is 0 Å². The van der Waals surface area contributed by atoms with Gasteiger partial charge in [0.05, 0.1) is 25.6 Å². The number of nitrogen functional groups attached to an aromatic ring is 2.